The topological polar surface area (TPSA) is 35.5 Å². The molecule has 0 aliphatic carbocycles. The molecule has 1 heterocycles. The number of rotatable bonds is 4. The average Bonchev–Trinajstić information content (AvgIpc) is 2.44. The summed E-state index contributed by atoms with van der Waals surface area (Å²) in [4.78, 5) is 12.0. The van der Waals surface area contributed by atoms with E-state index in [2.05, 4.69) is 13.8 Å². The normalized spacial score (nSPS) is 31.0. The lowest BCUT2D eigenvalue weighted by molar-refractivity contribution is -0.187. The Balaban J connectivity index is 1.98. The predicted octanol–water partition coefficient (Wildman–Crippen LogP) is 3.18. The molecule has 0 aromatic heterocycles. The summed E-state index contributed by atoms with van der Waals surface area (Å²) in [5, 5.41) is 0. The fourth-order valence-electron chi connectivity index (χ4n) is 2.59. The predicted molar refractivity (Wildman–Crippen MR) is 73.5 cm³/mol. The van der Waals surface area contributed by atoms with Crippen molar-refractivity contribution in [2.75, 3.05) is 0 Å². The van der Waals surface area contributed by atoms with Crippen LogP contribution in [0.2, 0.25) is 0 Å². The van der Waals surface area contributed by atoms with Gasteiger partial charge in [-0.2, -0.15) is 0 Å². The van der Waals surface area contributed by atoms with Gasteiger partial charge in [0.05, 0.1) is 6.61 Å². The molecule has 0 radical (unpaired) electrons. The second kappa shape index (κ2) is 6.20. The van der Waals surface area contributed by atoms with E-state index in [-0.39, 0.29) is 18.0 Å². The number of carbonyl (C=O) groups is 1. The van der Waals surface area contributed by atoms with Crippen LogP contribution in [0.3, 0.4) is 0 Å². The van der Waals surface area contributed by atoms with E-state index in [4.69, 9.17) is 9.47 Å². The quantitative estimate of drug-likeness (QED) is 0.782. The van der Waals surface area contributed by atoms with Crippen molar-refractivity contribution in [1.82, 2.24) is 0 Å². The van der Waals surface area contributed by atoms with Crippen molar-refractivity contribution in [1.29, 1.82) is 0 Å². The van der Waals surface area contributed by atoms with Crippen LogP contribution in [0.25, 0.3) is 0 Å². The zero-order chi connectivity index (χ0) is 13.8. The van der Waals surface area contributed by atoms with Crippen LogP contribution in [0.1, 0.15) is 32.8 Å². The highest BCUT2D eigenvalue weighted by atomic mass is 16.6. The minimum Gasteiger partial charge on any atom is -0.460 e. The van der Waals surface area contributed by atoms with Gasteiger partial charge in [0.15, 0.2) is 6.10 Å². The Morgan fingerprint density at radius 3 is 2.47 bits per heavy atom. The molecule has 0 saturated carbocycles. The highest BCUT2D eigenvalue weighted by molar-refractivity contribution is 5.76. The zero-order valence-corrected chi connectivity index (χ0v) is 11.8. The van der Waals surface area contributed by atoms with Crippen LogP contribution in [0.5, 0.6) is 0 Å². The number of carbonyl (C=O) groups excluding carboxylic acids is 1. The highest BCUT2D eigenvalue weighted by Crippen LogP contribution is 2.31. The number of ether oxygens (including phenoxy) is 2. The summed E-state index contributed by atoms with van der Waals surface area (Å²) in [6.45, 7) is 6.70. The van der Waals surface area contributed by atoms with Crippen molar-refractivity contribution in [2.45, 2.75) is 46.0 Å². The molecule has 0 spiro atoms. The minimum absolute atomic E-state index is 0.0269. The zero-order valence-electron chi connectivity index (χ0n) is 11.8. The molecule has 1 saturated heterocycles. The van der Waals surface area contributed by atoms with Crippen LogP contribution in [0.4, 0.5) is 0 Å². The third-order valence-corrected chi connectivity index (χ3v) is 4.07. The molecule has 4 atom stereocenters. The second-order valence-corrected chi connectivity index (χ2v) is 5.32. The van der Waals surface area contributed by atoms with Crippen LogP contribution < -0.4 is 0 Å². The monoisotopic (exact) mass is 262 g/mol. The molecule has 1 aromatic carbocycles. The van der Waals surface area contributed by atoms with E-state index in [1.165, 1.54) is 0 Å². The maximum atomic E-state index is 12.0. The van der Waals surface area contributed by atoms with Gasteiger partial charge in [0.2, 0.25) is 0 Å². The van der Waals surface area contributed by atoms with Crippen molar-refractivity contribution < 1.29 is 14.3 Å². The van der Waals surface area contributed by atoms with Gasteiger partial charge in [-0.3, -0.25) is 0 Å². The minimum atomic E-state index is -0.446. The molecule has 3 nitrogen and oxygen atoms in total. The van der Waals surface area contributed by atoms with Crippen molar-refractivity contribution in [3.63, 3.8) is 0 Å². The molecule has 19 heavy (non-hydrogen) atoms. The van der Waals surface area contributed by atoms with Crippen molar-refractivity contribution in [3.05, 3.63) is 35.9 Å². The van der Waals surface area contributed by atoms with Gasteiger partial charge in [0.1, 0.15) is 6.10 Å². The molecule has 104 valence electrons. The standard InChI is InChI=1S/C16H22O3/c1-4-14-11(2)12(3)15(16(17)19-14)18-10-13-8-6-5-7-9-13/h5-9,11-12,14-15H,4,10H2,1-3H3/t11?,12-,14+,15?/m0/s1. The molecule has 0 N–H and O–H groups in total. The van der Waals surface area contributed by atoms with Gasteiger partial charge >= 0.3 is 5.97 Å². The Morgan fingerprint density at radius 1 is 1.16 bits per heavy atom. The van der Waals surface area contributed by atoms with Gasteiger partial charge in [-0.05, 0) is 23.8 Å². The molecule has 0 amide bonds. The van der Waals surface area contributed by atoms with Gasteiger partial charge in [0.25, 0.3) is 0 Å². The number of benzene rings is 1. The number of esters is 1. The lowest BCUT2D eigenvalue weighted by Gasteiger charge is -2.38. The van der Waals surface area contributed by atoms with Gasteiger partial charge in [0, 0.05) is 0 Å². The van der Waals surface area contributed by atoms with Gasteiger partial charge in [-0.25, -0.2) is 4.79 Å². The molecule has 1 aromatic rings. The number of hydrogen-bond acceptors (Lipinski definition) is 3. The average molecular weight is 262 g/mol. The maximum absolute atomic E-state index is 12.0. The highest BCUT2D eigenvalue weighted by Gasteiger charge is 2.41. The molecule has 2 unspecified atom stereocenters. The summed E-state index contributed by atoms with van der Waals surface area (Å²) in [6.07, 6.45) is 0.444. The fraction of sp³-hybridized carbons (Fsp3) is 0.562. The molecular formula is C16H22O3. The SMILES string of the molecule is CC[C@H]1OC(=O)C(OCc2ccccc2)[C@@H](C)C1C. The van der Waals surface area contributed by atoms with Crippen LogP contribution in [0.15, 0.2) is 30.3 Å². The van der Waals surface area contributed by atoms with E-state index in [0.29, 0.717) is 12.5 Å². The molecule has 1 aliphatic heterocycles. The summed E-state index contributed by atoms with van der Waals surface area (Å²) in [6, 6.07) is 9.90. The van der Waals surface area contributed by atoms with Crippen molar-refractivity contribution >= 4 is 5.97 Å². The van der Waals surface area contributed by atoms with E-state index >= 15 is 0 Å². The number of hydrogen-bond donors (Lipinski definition) is 0. The first-order valence-electron chi connectivity index (χ1n) is 6.99. The third-order valence-electron chi connectivity index (χ3n) is 4.07. The van der Waals surface area contributed by atoms with Gasteiger partial charge < -0.3 is 9.47 Å². The van der Waals surface area contributed by atoms with Gasteiger partial charge in [-0.1, -0.05) is 51.1 Å². The van der Waals surface area contributed by atoms with E-state index < -0.39 is 6.10 Å². The molecular weight excluding hydrogens is 240 g/mol. The summed E-state index contributed by atoms with van der Waals surface area (Å²) < 4.78 is 11.2. The lowest BCUT2D eigenvalue weighted by atomic mass is 9.83. The Labute approximate surface area is 114 Å². The van der Waals surface area contributed by atoms with Crippen LogP contribution >= 0.6 is 0 Å². The summed E-state index contributed by atoms with van der Waals surface area (Å²) in [7, 11) is 0. The Kier molecular flexibility index (Phi) is 4.59. The first-order chi connectivity index (χ1) is 9.13. The Bertz CT molecular complexity index is 415. The fourth-order valence-corrected chi connectivity index (χ4v) is 2.59. The summed E-state index contributed by atoms with van der Waals surface area (Å²) in [5.41, 5.74) is 1.08. The number of cyclic esters (lactones) is 1. The second-order valence-electron chi connectivity index (χ2n) is 5.32. The smallest absolute Gasteiger partial charge is 0.335 e. The molecule has 1 aliphatic rings. The summed E-state index contributed by atoms with van der Waals surface area (Å²) in [5.74, 6) is 0.312. The Morgan fingerprint density at radius 2 is 1.84 bits per heavy atom. The van der Waals surface area contributed by atoms with Crippen LogP contribution in [-0.2, 0) is 20.9 Å². The van der Waals surface area contributed by atoms with Crippen molar-refractivity contribution in [2.24, 2.45) is 11.8 Å². The maximum Gasteiger partial charge on any atom is 0.335 e. The van der Waals surface area contributed by atoms with E-state index in [9.17, 15) is 4.79 Å². The molecule has 1 fully saturated rings. The van der Waals surface area contributed by atoms with E-state index in [0.717, 1.165) is 12.0 Å². The third kappa shape index (κ3) is 3.16. The van der Waals surface area contributed by atoms with E-state index in [1.54, 1.807) is 0 Å². The first kappa shape index (κ1) is 14.1. The molecule has 0 bridgehead atoms. The summed E-state index contributed by atoms with van der Waals surface area (Å²) >= 11 is 0. The molecule has 3 heteroatoms. The van der Waals surface area contributed by atoms with E-state index in [1.807, 2.05) is 37.3 Å². The first-order valence-corrected chi connectivity index (χ1v) is 6.99. The largest absolute Gasteiger partial charge is 0.460 e. The Hall–Kier alpha value is -1.35. The van der Waals surface area contributed by atoms with Crippen LogP contribution in [0, 0.1) is 11.8 Å². The van der Waals surface area contributed by atoms with Gasteiger partial charge in [-0.15, -0.1) is 0 Å². The van der Waals surface area contributed by atoms with Crippen LogP contribution in [-0.4, -0.2) is 18.2 Å². The molecule has 2 rings (SSSR count). The lowest BCUT2D eigenvalue weighted by Crippen LogP contribution is -2.47. The van der Waals surface area contributed by atoms with Crippen molar-refractivity contribution in [3.8, 4) is 0 Å².